The van der Waals surface area contributed by atoms with Gasteiger partial charge in [0.1, 0.15) is 11.5 Å². The summed E-state index contributed by atoms with van der Waals surface area (Å²) in [7, 11) is 0. The predicted octanol–water partition coefficient (Wildman–Crippen LogP) is 3.55. The fourth-order valence-corrected chi connectivity index (χ4v) is 1.73. The summed E-state index contributed by atoms with van der Waals surface area (Å²) < 4.78 is 5.47. The van der Waals surface area contributed by atoms with Gasteiger partial charge in [0.2, 0.25) is 0 Å². The lowest BCUT2D eigenvalue weighted by Gasteiger charge is -2.01. The van der Waals surface area contributed by atoms with Crippen molar-refractivity contribution in [1.82, 2.24) is 0 Å². The first kappa shape index (κ1) is 11.0. The lowest BCUT2D eigenvalue weighted by atomic mass is 10.2. The van der Waals surface area contributed by atoms with Gasteiger partial charge >= 0.3 is 0 Å². The molecule has 2 aromatic rings. The molecule has 0 saturated heterocycles. The molecule has 16 heavy (non-hydrogen) atoms. The number of hydrazone groups is 1. The molecule has 1 heterocycles. The molecule has 0 fully saturated rings. The average Bonchev–Trinajstić information content (AvgIpc) is 2.71. The Morgan fingerprint density at radius 2 is 2.00 bits per heavy atom. The van der Waals surface area contributed by atoms with Crippen LogP contribution in [0.15, 0.2) is 39.9 Å². The molecule has 82 valence electrons. The lowest BCUT2D eigenvalue weighted by molar-refractivity contribution is 0.575. The Kier molecular flexibility index (Phi) is 3.17. The van der Waals surface area contributed by atoms with Gasteiger partial charge in [0.15, 0.2) is 0 Å². The van der Waals surface area contributed by atoms with Crippen LogP contribution in [-0.4, -0.2) is 6.21 Å². The van der Waals surface area contributed by atoms with Crippen molar-refractivity contribution in [1.29, 1.82) is 0 Å². The maximum Gasteiger partial charge on any atom is 0.147 e. The van der Waals surface area contributed by atoms with Gasteiger partial charge in [-0.1, -0.05) is 29.3 Å². The van der Waals surface area contributed by atoms with E-state index in [1.165, 1.54) is 6.21 Å². The fraction of sp³-hybridized carbons (Fsp3) is 0. The van der Waals surface area contributed by atoms with Crippen molar-refractivity contribution >= 4 is 29.4 Å². The first-order chi connectivity index (χ1) is 7.72. The molecule has 0 unspecified atom stereocenters. The molecule has 0 saturated carbocycles. The Morgan fingerprint density at radius 1 is 1.19 bits per heavy atom. The fourth-order valence-electron chi connectivity index (χ4n) is 1.33. The highest BCUT2D eigenvalue weighted by molar-refractivity contribution is 6.43. The number of furan rings is 1. The van der Waals surface area contributed by atoms with Gasteiger partial charge in [-0.25, -0.2) is 0 Å². The standard InChI is InChI=1S/C11H8Cl2N2O/c12-9-3-1-2-8(11(9)13)10-5-4-7(16-10)6-15-14/h1-6H,14H2/b15-6-. The number of hydrogen-bond acceptors (Lipinski definition) is 3. The van der Waals surface area contributed by atoms with E-state index in [1.807, 2.05) is 12.1 Å². The molecule has 0 aliphatic carbocycles. The lowest BCUT2D eigenvalue weighted by Crippen LogP contribution is -1.82. The van der Waals surface area contributed by atoms with E-state index < -0.39 is 0 Å². The van der Waals surface area contributed by atoms with Crippen LogP contribution in [0.1, 0.15) is 5.76 Å². The minimum atomic E-state index is 0.467. The summed E-state index contributed by atoms with van der Waals surface area (Å²) in [4.78, 5) is 0. The molecular formula is C11H8Cl2N2O. The molecule has 1 aromatic carbocycles. The molecular weight excluding hydrogens is 247 g/mol. The largest absolute Gasteiger partial charge is 0.455 e. The van der Waals surface area contributed by atoms with Gasteiger partial charge in [-0.15, -0.1) is 0 Å². The first-order valence-electron chi connectivity index (χ1n) is 4.50. The van der Waals surface area contributed by atoms with E-state index in [2.05, 4.69) is 5.10 Å². The van der Waals surface area contributed by atoms with Crippen molar-refractivity contribution in [3.63, 3.8) is 0 Å². The summed E-state index contributed by atoms with van der Waals surface area (Å²) in [5.74, 6) is 6.22. The minimum absolute atomic E-state index is 0.467. The third-order valence-electron chi connectivity index (χ3n) is 2.05. The zero-order valence-corrected chi connectivity index (χ0v) is 9.66. The second kappa shape index (κ2) is 4.60. The Hall–Kier alpha value is -1.45. The van der Waals surface area contributed by atoms with Crippen LogP contribution in [0.25, 0.3) is 11.3 Å². The zero-order chi connectivity index (χ0) is 11.5. The molecule has 5 heteroatoms. The number of halogens is 2. The summed E-state index contributed by atoms with van der Waals surface area (Å²) in [6.45, 7) is 0. The summed E-state index contributed by atoms with van der Waals surface area (Å²) in [6, 6.07) is 8.90. The molecule has 2 rings (SSSR count). The van der Waals surface area contributed by atoms with Gasteiger partial charge in [-0.05, 0) is 24.3 Å². The van der Waals surface area contributed by atoms with Crippen LogP contribution >= 0.6 is 23.2 Å². The van der Waals surface area contributed by atoms with E-state index in [0.717, 1.165) is 5.56 Å². The van der Waals surface area contributed by atoms with Crippen LogP contribution in [0.4, 0.5) is 0 Å². The molecule has 0 atom stereocenters. The second-order valence-electron chi connectivity index (χ2n) is 3.08. The maximum atomic E-state index is 6.06. The van der Waals surface area contributed by atoms with Crippen LogP contribution < -0.4 is 5.84 Å². The third kappa shape index (κ3) is 2.05. The smallest absolute Gasteiger partial charge is 0.147 e. The van der Waals surface area contributed by atoms with Crippen molar-refractivity contribution in [2.45, 2.75) is 0 Å². The number of nitrogens with zero attached hydrogens (tertiary/aromatic N) is 1. The highest BCUT2D eigenvalue weighted by Crippen LogP contribution is 2.33. The SMILES string of the molecule is N/N=C\c1ccc(-c2cccc(Cl)c2Cl)o1. The van der Waals surface area contributed by atoms with E-state index in [-0.39, 0.29) is 0 Å². The second-order valence-corrected chi connectivity index (χ2v) is 3.87. The van der Waals surface area contributed by atoms with E-state index in [9.17, 15) is 0 Å². The molecule has 0 radical (unpaired) electrons. The van der Waals surface area contributed by atoms with E-state index in [0.29, 0.717) is 21.6 Å². The average molecular weight is 255 g/mol. The van der Waals surface area contributed by atoms with Gasteiger partial charge in [0.05, 0.1) is 16.3 Å². The monoisotopic (exact) mass is 254 g/mol. The molecule has 2 N–H and O–H groups in total. The van der Waals surface area contributed by atoms with Gasteiger partial charge in [-0.2, -0.15) is 5.10 Å². The van der Waals surface area contributed by atoms with Gasteiger partial charge in [0.25, 0.3) is 0 Å². The Bertz CT molecular complexity index is 535. The van der Waals surface area contributed by atoms with Crippen LogP contribution in [0.5, 0.6) is 0 Å². The normalized spacial score (nSPS) is 11.1. The summed E-state index contributed by atoms with van der Waals surface area (Å²) in [6.07, 6.45) is 1.42. The number of hydrogen-bond donors (Lipinski definition) is 1. The van der Waals surface area contributed by atoms with Crippen molar-refractivity contribution in [3.05, 3.63) is 46.1 Å². The quantitative estimate of drug-likeness (QED) is 0.506. The summed E-state index contributed by atoms with van der Waals surface area (Å²) in [5.41, 5.74) is 0.742. The molecule has 0 amide bonds. The Morgan fingerprint density at radius 3 is 2.75 bits per heavy atom. The van der Waals surface area contributed by atoms with Crippen molar-refractivity contribution in [2.24, 2.45) is 10.9 Å². The molecule has 0 bridgehead atoms. The summed E-state index contributed by atoms with van der Waals surface area (Å²) in [5, 5.41) is 4.33. The molecule has 3 nitrogen and oxygen atoms in total. The van der Waals surface area contributed by atoms with Gasteiger partial charge in [-0.3, -0.25) is 0 Å². The van der Waals surface area contributed by atoms with Gasteiger partial charge in [0, 0.05) is 5.56 Å². The Labute approximate surface area is 102 Å². The van der Waals surface area contributed by atoms with E-state index >= 15 is 0 Å². The molecule has 0 aliphatic rings. The zero-order valence-electron chi connectivity index (χ0n) is 8.15. The van der Waals surface area contributed by atoms with E-state index in [4.69, 9.17) is 33.5 Å². The summed E-state index contributed by atoms with van der Waals surface area (Å²) >= 11 is 12.0. The van der Waals surface area contributed by atoms with Crippen LogP contribution in [0.3, 0.4) is 0 Å². The molecule has 0 aliphatic heterocycles. The first-order valence-corrected chi connectivity index (χ1v) is 5.25. The van der Waals surface area contributed by atoms with Crippen molar-refractivity contribution in [3.8, 4) is 11.3 Å². The molecule has 0 spiro atoms. The molecule has 1 aromatic heterocycles. The van der Waals surface area contributed by atoms with Crippen LogP contribution in [-0.2, 0) is 0 Å². The highest BCUT2D eigenvalue weighted by Gasteiger charge is 2.09. The van der Waals surface area contributed by atoms with Crippen LogP contribution in [0, 0.1) is 0 Å². The number of benzene rings is 1. The highest BCUT2D eigenvalue weighted by atomic mass is 35.5. The van der Waals surface area contributed by atoms with Gasteiger partial charge < -0.3 is 10.3 Å². The maximum absolute atomic E-state index is 6.06. The Balaban J connectivity index is 2.46. The predicted molar refractivity (Wildman–Crippen MR) is 65.9 cm³/mol. The topological polar surface area (TPSA) is 51.5 Å². The van der Waals surface area contributed by atoms with Crippen molar-refractivity contribution in [2.75, 3.05) is 0 Å². The third-order valence-corrected chi connectivity index (χ3v) is 2.86. The minimum Gasteiger partial charge on any atom is -0.455 e. The number of nitrogens with two attached hydrogens (primary N) is 1. The van der Waals surface area contributed by atoms with Crippen LogP contribution in [0.2, 0.25) is 10.0 Å². The van der Waals surface area contributed by atoms with Crippen molar-refractivity contribution < 1.29 is 4.42 Å². The number of rotatable bonds is 2. The van der Waals surface area contributed by atoms with E-state index in [1.54, 1.807) is 18.2 Å².